The fraction of sp³-hybridized carbons (Fsp3) is 0. The Morgan fingerprint density at radius 3 is 0.730 bits per heavy atom. The largest absolute Gasteiger partial charge is 0.268 e. The molecule has 0 bridgehead atoms. The van der Waals surface area contributed by atoms with Gasteiger partial charge in [-0.1, -0.05) is 12.1 Å². The van der Waals surface area contributed by atoms with Crippen LogP contribution in [0, 0.1) is 116 Å². The number of nitrogens with zero attached hydrogens (tertiary/aromatic N) is 2. The molecule has 0 fully saturated rings. The summed E-state index contributed by atoms with van der Waals surface area (Å²) in [4.78, 5) is 56.2. The Balaban J connectivity index is 1.39. The molecule has 4 amide bonds. The summed E-state index contributed by atoms with van der Waals surface area (Å²) in [5.74, 6) is -64.1. The highest BCUT2D eigenvalue weighted by Gasteiger charge is 2.45. The fourth-order valence-corrected chi connectivity index (χ4v) is 9.53. The quantitative estimate of drug-likeness (QED) is 0.0440. The lowest BCUT2D eigenvalue weighted by Crippen LogP contribution is -2.42. The number of rotatable bonds is 4. The molecule has 0 unspecified atom stereocenters. The number of anilines is 2. The van der Waals surface area contributed by atoms with Crippen molar-refractivity contribution < 1.29 is 107 Å². The Morgan fingerprint density at radius 2 is 0.459 bits per heavy atom. The van der Waals surface area contributed by atoms with Crippen molar-refractivity contribution in [3.63, 3.8) is 0 Å². The van der Waals surface area contributed by atoms with Gasteiger partial charge in [0.05, 0.1) is 11.1 Å². The van der Waals surface area contributed by atoms with Crippen molar-refractivity contribution in [2.75, 3.05) is 9.80 Å². The highest BCUT2D eigenvalue weighted by atomic mass is 19.2. The molecule has 2 heterocycles. The maximum absolute atomic E-state index is 16.2. The lowest BCUT2D eigenvalue weighted by molar-refractivity contribution is 0.0874. The molecule has 0 radical (unpaired) electrons. The standard InChI is InChI=1S/C48H6F20N2O4/c49-23-21(24(50)28(54)31(57)27(23)53)11-5-14-18-10(46(72)70(48(14)74)44-41(67)37(63)34(60)38(64)42(44)68)4-2-8-16-12(22-25(51)29(55)32(58)30(56)26(22)52)6-13-17-9(3-1-7(19(16)17)15(11)20(8)18)45(71)69(47(13)73)43-39(65)35(61)33(59)36(62)40(43)66/h1-6H. The zero-order valence-electron chi connectivity index (χ0n) is 34.6. The first-order valence-electron chi connectivity index (χ1n) is 19.9. The van der Waals surface area contributed by atoms with Gasteiger partial charge in [0.2, 0.25) is 23.3 Å². The minimum Gasteiger partial charge on any atom is -0.268 e. The van der Waals surface area contributed by atoms with Crippen LogP contribution < -0.4 is 9.80 Å². The third-order valence-electron chi connectivity index (χ3n) is 12.6. The number of benzene rings is 9. The first-order valence-corrected chi connectivity index (χ1v) is 19.9. The minimum atomic E-state index is -2.83. The number of imide groups is 2. The van der Waals surface area contributed by atoms with Gasteiger partial charge in [0.1, 0.15) is 11.4 Å². The van der Waals surface area contributed by atoms with Gasteiger partial charge in [-0.25, -0.2) is 97.6 Å². The predicted octanol–water partition coefficient (Wildman–Crippen LogP) is 13.5. The molecule has 26 heteroatoms. The number of carbonyl (C=O) groups excluding carboxylic acids is 4. The monoisotopic (exact) mass is 1050 g/mol. The summed E-state index contributed by atoms with van der Waals surface area (Å²) in [6.45, 7) is 0. The Labute approximate surface area is 391 Å². The van der Waals surface area contributed by atoms with Crippen LogP contribution in [0.15, 0.2) is 36.4 Å². The lowest BCUT2D eigenvalue weighted by atomic mass is 9.77. The van der Waals surface area contributed by atoms with E-state index >= 15 is 52.7 Å². The summed E-state index contributed by atoms with van der Waals surface area (Å²) in [6.07, 6.45) is 0. The molecule has 0 saturated carbocycles. The van der Waals surface area contributed by atoms with Crippen molar-refractivity contribution in [2.45, 2.75) is 0 Å². The molecule has 0 spiro atoms. The van der Waals surface area contributed by atoms with E-state index < -0.39 is 249 Å². The van der Waals surface area contributed by atoms with Gasteiger partial charge < -0.3 is 0 Å². The van der Waals surface area contributed by atoms with E-state index in [-0.39, 0.29) is 12.1 Å². The van der Waals surface area contributed by atoms with Crippen LogP contribution in [0.4, 0.5) is 99.2 Å². The van der Waals surface area contributed by atoms with Crippen molar-refractivity contribution in [1.29, 1.82) is 0 Å². The summed E-state index contributed by atoms with van der Waals surface area (Å²) in [5, 5.41) is -7.68. The third kappa shape index (κ3) is 5.58. The summed E-state index contributed by atoms with van der Waals surface area (Å²) in [7, 11) is 0. The van der Waals surface area contributed by atoms with Crippen molar-refractivity contribution in [3.05, 3.63) is 175 Å². The van der Waals surface area contributed by atoms with Crippen LogP contribution in [-0.2, 0) is 0 Å². The molecule has 0 aromatic heterocycles. The third-order valence-corrected chi connectivity index (χ3v) is 12.6. The predicted molar refractivity (Wildman–Crippen MR) is 213 cm³/mol. The van der Waals surface area contributed by atoms with Crippen LogP contribution in [0.5, 0.6) is 0 Å². The van der Waals surface area contributed by atoms with Crippen LogP contribution in [0.2, 0.25) is 0 Å². The van der Waals surface area contributed by atoms with Gasteiger partial charge in [-0.3, -0.25) is 19.2 Å². The molecule has 0 atom stereocenters. The van der Waals surface area contributed by atoms with E-state index in [4.69, 9.17) is 0 Å². The van der Waals surface area contributed by atoms with Gasteiger partial charge >= 0.3 is 0 Å². The fourth-order valence-electron chi connectivity index (χ4n) is 9.53. The van der Waals surface area contributed by atoms with Crippen LogP contribution in [0.3, 0.4) is 0 Å². The molecule has 11 rings (SSSR count). The SMILES string of the molecule is O=C1c2ccc3c4c(-c5c(F)c(F)c(F)c(F)c5F)cc5c6c(ccc(c7c(-c8c(F)c(F)c(F)c(F)c8F)cc(c2c37)C(=O)N1c1c(F)c(F)c(F)c(F)c1F)c64)C(=O)N(c1c(F)c(F)c(F)c(F)c1F)C5=O. The van der Waals surface area contributed by atoms with Gasteiger partial charge in [0.25, 0.3) is 23.6 Å². The first kappa shape index (κ1) is 47.5. The Kier molecular flexibility index (Phi) is 9.84. The van der Waals surface area contributed by atoms with Crippen molar-refractivity contribution in [3.8, 4) is 22.3 Å². The number of amides is 4. The minimum absolute atomic E-state index is 0.170. The molecule has 0 aliphatic carbocycles. The number of hydrogen-bond acceptors (Lipinski definition) is 4. The average molecular weight is 1050 g/mol. The van der Waals surface area contributed by atoms with Gasteiger partial charge in [-0.2, -0.15) is 0 Å². The Bertz CT molecular complexity index is 3920. The topological polar surface area (TPSA) is 74.8 Å². The second-order valence-corrected chi connectivity index (χ2v) is 16.1. The number of fused-ring (bicyclic) bond motifs is 2. The van der Waals surface area contributed by atoms with E-state index in [9.17, 15) is 54.3 Å². The molecule has 9 aromatic carbocycles. The molecule has 9 aromatic rings. The number of carbonyl (C=O) groups is 4. The molecular weight excluding hydrogens is 1050 g/mol. The van der Waals surface area contributed by atoms with Crippen LogP contribution in [0.1, 0.15) is 41.4 Å². The lowest BCUT2D eigenvalue weighted by Gasteiger charge is -2.32. The van der Waals surface area contributed by atoms with Crippen molar-refractivity contribution >= 4 is 78.1 Å². The highest BCUT2D eigenvalue weighted by molar-refractivity contribution is 6.47. The molecule has 6 nitrogen and oxygen atoms in total. The summed E-state index contributed by atoms with van der Waals surface area (Å²) in [5.41, 5.74) is -16.4. The zero-order valence-corrected chi connectivity index (χ0v) is 34.6. The van der Waals surface area contributed by atoms with E-state index in [0.29, 0.717) is 24.3 Å². The molecule has 0 N–H and O–H groups in total. The van der Waals surface area contributed by atoms with Crippen LogP contribution in [-0.4, -0.2) is 23.6 Å². The summed E-state index contributed by atoms with van der Waals surface area (Å²) < 4.78 is 303. The van der Waals surface area contributed by atoms with E-state index in [1.165, 1.54) is 0 Å². The Morgan fingerprint density at radius 1 is 0.230 bits per heavy atom. The van der Waals surface area contributed by atoms with E-state index in [1.807, 2.05) is 0 Å². The molecule has 0 saturated heterocycles. The second kappa shape index (κ2) is 15.3. The van der Waals surface area contributed by atoms with Crippen molar-refractivity contribution in [2.24, 2.45) is 0 Å². The number of hydrogen-bond donors (Lipinski definition) is 0. The molecule has 74 heavy (non-hydrogen) atoms. The second-order valence-electron chi connectivity index (χ2n) is 16.1. The zero-order chi connectivity index (χ0) is 53.6. The van der Waals surface area contributed by atoms with E-state index in [1.54, 1.807) is 0 Å². The summed E-state index contributed by atoms with van der Waals surface area (Å²) in [6, 6.07) is 2.50. The average Bonchev–Trinajstić information content (AvgIpc) is 3.44. The summed E-state index contributed by atoms with van der Waals surface area (Å²) >= 11 is 0. The molecule has 2 aliphatic heterocycles. The highest BCUT2D eigenvalue weighted by Crippen LogP contribution is 2.54. The van der Waals surface area contributed by atoms with Crippen LogP contribution >= 0.6 is 0 Å². The van der Waals surface area contributed by atoms with E-state index in [0.717, 1.165) is 0 Å². The van der Waals surface area contributed by atoms with Gasteiger partial charge in [0.15, 0.2) is 93.1 Å². The van der Waals surface area contributed by atoms with Gasteiger partial charge in [0, 0.05) is 33.0 Å². The molecular formula is C48H6F20N2O4. The molecule has 372 valence electrons. The Hall–Kier alpha value is -8.84. The van der Waals surface area contributed by atoms with E-state index in [2.05, 4.69) is 0 Å². The van der Waals surface area contributed by atoms with Gasteiger partial charge in [-0.05, 0) is 67.7 Å². The van der Waals surface area contributed by atoms with Crippen molar-refractivity contribution in [1.82, 2.24) is 0 Å². The van der Waals surface area contributed by atoms with Crippen LogP contribution in [0.25, 0.3) is 65.3 Å². The number of halogens is 20. The maximum atomic E-state index is 16.2. The maximum Gasteiger partial charge on any atom is 0.266 e. The smallest absolute Gasteiger partial charge is 0.266 e. The van der Waals surface area contributed by atoms with Gasteiger partial charge in [-0.15, -0.1) is 0 Å². The first-order chi connectivity index (χ1) is 34.8. The normalized spacial score (nSPS) is 13.7. The molecule has 2 aliphatic rings.